The number of nitrogens with one attached hydrogen (secondary N) is 1. The summed E-state index contributed by atoms with van der Waals surface area (Å²) in [7, 11) is 1.62. The number of methoxy groups -OCH3 is 1. The lowest BCUT2D eigenvalue weighted by atomic mass is 10.3. The Bertz CT molecular complexity index is 551. The molecule has 19 heavy (non-hydrogen) atoms. The molecule has 2 rings (SSSR count). The molecule has 0 saturated carbocycles. The summed E-state index contributed by atoms with van der Waals surface area (Å²) < 4.78 is 9.96. The maximum atomic E-state index is 11.5. The minimum atomic E-state index is -0.401. The number of ether oxygens (including phenoxy) is 2. The van der Waals surface area contributed by atoms with Crippen molar-refractivity contribution in [1.29, 1.82) is 0 Å². The van der Waals surface area contributed by atoms with Crippen molar-refractivity contribution in [3.05, 3.63) is 35.3 Å². The highest BCUT2D eigenvalue weighted by Crippen LogP contribution is 2.23. The van der Waals surface area contributed by atoms with Crippen LogP contribution in [0, 0.1) is 0 Å². The molecule has 0 unspecified atom stereocenters. The van der Waals surface area contributed by atoms with Crippen LogP contribution in [-0.2, 0) is 4.74 Å². The zero-order chi connectivity index (χ0) is 13.7. The number of benzene rings is 1. The van der Waals surface area contributed by atoms with Gasteiger partial charge in [0, 0.05) is 11.1 Å². The third kappa shape index (κ3) is 3.45. The minimum Gasteiger partial charge on any atom is -0.497 e. The zero-order valence-corrected chi connectivity index (χ0v) is 11.5. The SMILES string of the molecule is CCOC(=O)c1csc(Nc2ccc(OC)cc2)n1. The van der Waals surface area contributed by atoms with Crippen molar-refractivity contribution < 1.29 is 14.3 Å². The standard InChI is InChI=1S/C13H14N2O3S/c1-3-18-12(16)11-8-19-13(15-11)14-9-4-6-10(17-2)7-5-9/h4-8H,3H2,1-2H3,(H,14,15). The number of nitrogens with zero attached hydrogens (tertiary/aromatic N) is 1. The van der Waals surface area contributed by atoms with Crippen molar-refractivity contribution in [2.45, 2.75) is 6.92 Å². The van der Waals surface area contributed by atoms with Gasteiger partial charge in [-0.05, 0) is 31.2 Å². The fourth-order valence-corrected chi connectivity index (χ4v) is 2.13. The first-order valence-electron chi connectivity index (χ1n) is 5.76. The van der Waals surface area contributed by atoms with Gasteiger partial charge < -0.3 is 14.8 Å². The van der Waals surface area contributed by atoms with Crippen LogP contribution in [0.3, 0.4) is 0 Å². The van der Waals surface area contributed by atoms with Crippen LogP contribution in [0.5, 0.6) is 5.75 Å². The van der Waals surface area contributed by atoms with Gasteiger partial charge in [-0.1, -0.05) is 0 Å². The van der Waals surface area contributed by atoms with Gasteiger partial charge in [-0.3, -0.25) is 0 Å². The van der Waals surface area contributed by atoms with Crippen LogP contribution >= 0.6 is 11.3 Å². The van der Waals surface area contributed by atoms with Crippen LogP contribution in [0.15, 0.2) is 29.6 Å². The van der Waals surface area contributed by atoms with Gasteiger partial charge in [-0.15, -0.1) is 11.3 Å². The Morgan fingerprint density at radius 3 is 2.74 bits per heavy atom. The molecular weight excluding hydrogens is 264 g/mol. The molecule has 0 saturated heterocycles. The smallest absolute Gasteiger partial charge is 0.357 e. The molecular formula is C13H14N2O3S. The predicted octanol–water partition coefficient (Wildman–Crippen LogP) is 3.07. The van der Waals surface area contributed by atoms with Gasteiger partial charge in [-0.25, -0.2) is 9.78 Å². The summed E-state index contributed by atoms with van der Waals surface area (Å²) in [5.74, 6) is 0.387. The molecule has 1 N–H and O–H groups in total. The van der Waals surface area contributed by atoms with Crippen LogP contribution in [0.4, 0.5) is 10.8 Å². The highest BCUT2D eigenvalue weighted by molar-refractivity contribution is 7.14. The summed E-state index contributed by atoms with van der Waals surface area (Å²) in [5.41, 5.74) is 1.20. The van der Waals surface area contributed by atoms with Gasteiger partial charge in [0.2, 0.25) is 0 Å². The molecule has 0 amide bonds. The zero-order valence-electron chi connectivity index (χ0n) is 10.7. The first-order chi connectivity index (χ1) is 9.22. The number of carbonyl (C=O) groups is 1. The molecule has 100 valence electrons. The predicted molar refractivity (Wildman–Crippen MR) is 74.3 cm³/mol. The van der Waals surface area contributed by atoms with Gasteiger partial charge in [-0.2, -0.15) is 0 Å². The van der Waals surface area contributed by atoms with E-state index in [9.17, 15) is 4.79 Å². The second-order valence-electron chi connectivity index (χ2n) is 3.61. The molecule has 0 fully saturated rings. The average Bonchev–Trinajstić information content (AvgIpc) is 2.88. The lowest BCUT2D eigenvalue weighted by molar-refractivity contribution is 0.0520. The number of carbonyl (C=O) groups excluding carboxylic acids is 1. The lowest BCUT2D eigenvalue weighted by Crippen LogP contribution is -2.04. The lowest BCUT2D eigenvalue weighted by Gasteiger charge is -2.03. The molecule has 0 aliphatic heterocycles. The van der Waals surface area contributed by atoms with E-state index in [1.165, 1.54) is 11.3 Å². The van der Waals surface area contributed by atoms with Gasteiger partial charge in [0.1, 0.15) is 5.75 Å². The van der Waals surface area contributed by atoms with Crippen molar-refractivity contribution in [2.75, 3.05) is 19.0 Å². The van der Waals surface area contributed by atoms with Gasteiger partial charge in [0.05, 0.1) is 13.7 Å². The van der Waals surface area contributed by atoms with Crippen LogP contribution in [-0.4, -0.2) is 24.7 Å². The fraction of sp³-hybridized carbons (Fsp3) is 0.231. The van der Waals surface area contributed by atoms with Crippen molar-refractivity contribution in [1.82, 2.24) is 4.98 Å². The average molecular weight is 278 g/mol. The van der Waals surface area contributed by atoms with E-state index < -0.39 is 5.97 Å². The Morgan fingerprint density at radius 1 is 1.37 bits per heavy atom. The Balaban J connectivity index is 2.04. The quantitative estimate of drug-likeness (QED) is 0.852. The first-order valence-corrected chi connectivity index (χ1v) is 6.64. The summed E-state index contributed by atoms with van der Waals surface area (Å²) in [5, 5.41) is 5.43. The van der Waals surface area contributed by atoms with Crippen molar-refractivity contribution in [3.8, 4) is 5.75 Å². The molecule has 0 radical (unpaired) electrons. The monoisotopic (exact) mass is 278 g/mol. The summed E-state index contributed by atoms with van der Waals surface area (Å²) in [4.78, 5) is 15.6. The number of anilines is 2. The molecule has 0 atom stereocenters. The normalized spacial score (nSPS) is 10.0. The molecule has 0 bridgehead atoms. The number of rotatable bonds is 5. The molecule has 1 heterocycles. The van der Waals surface area contributed by atoms with E-state index >= 15 is 0 Å². The van der Waals surface area contributed by atoms with E-state index in [-0.39, 0.29) is 0 Å². The Morgan fingerprint density at radius 2 is 2.11 bits per heavy atom. The number of esters is 1. The third-order valence-corrected chi connectivity index (χ3v) is 3.09. The molecule has 5 nitrogen and oxygen atoms in total. The van der Waals surface area contributed by atoms with Crippen molar-refractivity contribution in [3.63, 3.8) is 0 Å². The van der Waals surface area contributed by atoms with E-state index in [0.29, 0.717) is 17.4 Å². The van der Waals surface area contributed by atoms with Gasteiger partial charge >= 0.3 is 5.97 Å². The molecule has 1 aromatic heterocycles. The van der Waals surface area contributed by atoms with E-state index in [1.54, 1.807) is 19.4 Å². The third-order valence-electron chi connectivity index (χ3n) is 2.33. The summed E-state index contributed by atoms with van der Waals surface area (Å²) >= 11 is 1.35. The van der Waals surface area contributed by atoms with Crippen molar-refractivity contribution in [2.24, 2.45) is 0 Å². The number of hydrogen-bond donors (Lipinski definition) is 1. The summed E-state index contributed by atoms with van der Waals surface area (Å²) in [6, 6.07) is 7.46. The fourth-order valence-electron chi connectivity index (χ4n) is 1.43. The van der Waals surface area contributed by atoms with Crippen LogP contribution in [0.25, 0.3) is 0 Å². The molecule has 0 spiro atoms. The van der Waals surface area contributed by atoms with Crippen LogP contribution in [0.1, 0.15) is 17.4 Å². The van der Waals surface area contributed by atoms with Crippen LogP contribution < -0.4 is 10.1 Å². The van der Waals surface area contributed by atoms with Gasteiger partial charge in [0.25, 0.3) is 0 Å². The Hall–Kier alpha value is -2.08. The number of thiazole rings is 1. The highest BCUT2D eigenvalue weighted by atomic mass is 32.1. The molecule has 1 aromatic carbocycles. The second kappa shape index (κ2) is 6.19. The summed E-state index contributed by atoms with van der Waals surface area (Å²) in [6.45, 7) is 2.11. The van der Waals surface area contributed by atoms with Crippen molar-refractivity contribution >= 4 is 28.1 Å². The maximum Gasteiger partial charge on any atom is 0.357 e. The second-order valence-corrected chi connectivity index (χ2v) is 4.47. The summed E-state index contributed by atoms with van der Waals surface area (Å²) in [6.07, 6.45) is 0. The van der Waals surface area contributed by atoms with Crippen LogP contribution in [0.2, 0.25) is 0 Å². The molecule has 0 aliphatic carbocycles. The Labute approximate surface area is 115 Å². The number of aromatic nitrogens is 1. The van der Waals surface area contributed by atoms with E-state index in [4.69, 9.17) is 9.47 Å². The molecule has 2 aromatic rings. The Kier molecular flexibility index (Phi) is 4.35. The topological polar surface area (TPSA) is 60.5 Å². The largest absolute Gasteiger partial charge is 0.497 e. The van der Waals surface area contributed by atoms with E-state index in [0.717, 1.165) is 11.4 Å². The van der Waals surface area contributed by atoms with Gasteiger partial charge in [0.15, 0.2) is 10.8 Å². The van der Waals surface area contributed by atoms with E-state index in [1.807, 2.05) is 24.3 Å². The minimum absolute atomic E-state index is 0.322. The molecule has 0 aliphatic rings. The van der Waals surface area contributed by atoms with E-state index in [2.05, 4.69) is 10.3 Å². The first kappa shape index (κ1) is 13.4. The molecule has 6 heteroatoms. The maximum absolute atomic E-state index is 11.5. The number of hydrogen-bond acceptors (Lipinski definition) is 6. The highest BCUT2D eigenvalue weighted by Gasteiger charge is 2.11.